The largest absolute Gasteiger partial charge is 0.399 e. The Hall–Kier alpha value is -1.89. The van der Waals surface area contributed by atoms with Crippen molar-refractivity contribution >= 4 is 33.0 Å². The topological polar surface area (TPSA) is 97.5 Å². The molecule has 2 rings (SSSR count). The monoisotopic (exact) mass is 324 g/mol. The number of carbonyl (C=O) groups excluding carboxylic acids is 2. The number of nitrogens with zero attached hydrogens (tertiary/aromatic N) is 1. The summed E-state index contributed by atoms with van der Waals surface area (Å²) >= 11 is 0. The molecule has 0 atom stereocenters. The van der Waals surface area contributed by atoms with Crippen molar-refractivity contribution in [2.45, 2.75) is 26.2 Å². The van der Waals surface area contributed by atoms with E-state index in [0.717, 1.165) is 4.90 Å². The van der Waals surface area contributed by atoms with Gasteiger partial charge in [0, 0.05) is 19.0 Å². The molecule has 22 heavy (non-hydrogen) atoms. The van der Waals surface area contributed by atoms with E-state index in [2.05, 4.69) is 0 Å². The molecule has 0 unspecified atom stereocenters. The van der Waals surface area contributed by atoms with Crippen LogP contribution in [0.25, 0.3) is 0 Å². The third kappa shape index (κ3) is 4.07. The Kier molecular flexibility index (Phi) is 4.85. The van der Waals surface area contributed by atoms with Crippen molar-refractivity contribution in [2.75, 3.05) is 22.1 Å². The van der Waals surface area contributed by atoms with E-state index in [1.54, 1.807) is 24.3 Å². The molecule has 1 aliphatic rings. The molecule has 1 saturated heterocycles. The molecule has 1 heterocycles. The van der Waals surface area contributed by atoms with E-state index >= 15 is 0 Å². The maximum absolute atomic E-state index is 12.4. The molecule has 2 amide bonds. The minimum Gasteiger partial charge on any atom is -0.399 e. The molecule has 0 aliphatic carbocycles. The van der Waals surface area contributed by atoms with Gasteiger partial charge in [-0.2, -0.15) is 0 Å². The molecule has 1 aromatic carbocycles. The Morgan fingerprint density at radius 1 is 1.18 bits per heavy atom. The van der Waals surface area contributed by atoms with Gasteiger partial charge < -0.3 is 5.73 Å². The summed E-state index contributed by atoms with van der Waals surface area (Å²) in [5.41, 5.74) is 6.64. The van der Waals surface area contributed by atoms with Crippen LogP contribution in [0.1, 0.15) is 26.2 Å². The summed E-state index contributed by atoms with van der Waals surface area (Å²) in [5.74, 6) is -0.425. The zero-order chi connectivity index (χ0) is 16.3. The fourth-order valence-electron chi connectivity index (χ4n) is 2.61. The Balaban J connectivity index is 2.08. The number of nitrogen functional groups attached to an aromatic ring is 1. The first kappa shape index (κ1) is 16.5. The van der Waals surface area contributed by atoms with Gasteiger partial charge in [0.05, 0.1) is 17.2 Å². The lowest BCUT2D eigenvalue weighted by Crippen LogP contribution is -2.37. The van der Waals surface area contributed by atoms with E-state index in [1.165, 1.54) is 6.92 Å². The minimum absolute atomic E-state index is 0.00616. The second kappa shape index (κ2) is 6.48. The van der Waals surface area contributed by atoms with Crippen LogP contribution in [-0.2, 0) is 19.4 Å². The molecule has 120 valence electrons. The number of nitrogens with two attached hydrogens (primary N) is 1. The van der Waals surface area contributed by atoms with Gasteiger partial charge in [-0.25, -0.2) is 8.42 Å². The lowest BCUT2D eigenvalue weighted by molar-refractivity contribution is -0.126. The highest BCUT2D eigenvalue weighted by atomic mass is 32.2. The van der Waals surface area contributed by atoms with E-state index < -0.39 is 9.84 Å². The predicted molar refractivity (Wildman–Crippen MR) is 85.0 cm³/mol. The van der Waals surface area contributed by atoms with Gasteiger partial charge in [-0.3, -0.25) is 14.5 Å². The molecule has 0 radical (unpaired) electrons. The first-order valence-electron chi connectivity index (χ1n) is 7.18. The molecule has 0 aromatic heterocycles. The Labute approximate surface area is 130 Å². The molecule has 6 nitrogen and oxygen atoms in total. The lowest BCUT2D eigenvalue weighted by Gasteiger charge is -2.25. The van der Waals surface area contributed by atoms with Gasteiger partial charge >= 0.3 is 0 Å². The highest BCUT2D eigenvalue weighted by Crippen LogP contribution is 2.25. The highest BCUT2D eigenvalue weighted by molar-refractivity contribution is 7.91. The van der Waals surface area contributed by atoms with Crippen LogP contribution in [0.15, 0.2) is 24.3 Å². The van der Waals surface area contributed by atoms with Crippen LogP contribution >= 0.6 is 0 Å². The Morgan fingerprint density at radius 2 is 1.73 bits per heavy atom. The smallest absolute Gasteiger partial charge is 0.234 e. The van der Waals surface area contributed by atoms with Crippen LogP contribution in [0, 0.1) is 5.92 Å². The summed E-state index contributed by atoms with van der Waals surface area (Å²) in [6.07, 6.45) is 1.13. The summed E-state index contributed by atoms with van der Waals surface area (Å²) in [6, 6.07) is 6.51. The molecule has 0 saturated carbocycles. The van der Waals surface area contributed by atoms with Crippen molar-refractivity contribution in [3.8, 4) is 0 Å². The number of anilines is 2. The normalized spacial score (nSPS) is 17.9. The number of sulfone groups is 1. The maximum Gasteiger partial charge on any atom is 0.234 e. The quantitative estimate of drug-likeness (QED) is 0.847. The first-order valence-corrected chi connectivity index (χ1v) is 9.00. The molecular weight excluding hydrogens is 304 g/mol. The summed E-state index contributed by atoms with van der Waals surface area (Å²) < 4.78 is 22.8. The van der Waals surface area contributed by atoms with E-state index in [1.807, 2.05) is 0 Å². The maximum atomic E-state index is 12.4. The zero-order valence-electron chi connectivity index (χ0n) is 12.5. The summed E-state index contributed by atoms with van der Waals surface area (Å²) in [7, 11) is -2.95. The van der Waals surface area contributed by atoms with Crippen LogP contribution in [0.4, 0.5) is 11.4 Å². The lowest BCUT2D eigenvalue weighted by atomic mass is 9.98. The van der Waals surface area contributed by atoms with Crippen molar-refractivity contribution in [2.24, 2.45) is 5.92 Å². The SMILES string of the molecule is CC(=O)N(C(=O)CC1CCS(=O)(=O)CC1)c1ccc(N)cc1. The Bertz CT molecular complexity index is 653. The first-order chi connectivity index (χ1) is 10.3. The van der Waals surface area contributed by atoms with Gasteiger partial charge in [-0.15, -0.1) is 0 Å². The van der Waals surface area contributed by atoms with Crippen LogP contribution in [0.5, 0.6) is 0 Å². The van der Waals surface area contributed by atoms with Crippen LogP contribution in [0.2, 0.25) is 0 Å². The molecule has 1 fully saturated rings. The van der Waals surface area contributed by atoms with E-state index in [-0.39, 0.29) is 35.7 Å². The van der Waals surface area contributed by atoms with Gasteiger partial charge in [-0.05, 0) is 43.0 Å². The van der Waals surface area contributed by atoms with Crippen LogP contribution < -0.4 is 10.6 Å². The highest BCUT2D eigenvalue weighted by Gasteiger charge is 2.28. The molecule has 1 aliphatic heterocycles. The van der Waals surface area contributed by atoms with Crippen molar-refractivity contribution in [3.63, 3.8) is 0 Å². The van der Waals surface area contributed by atoms with Gasteiger partial charge in [-0.1, -0.05) is 0 Å². The van der Waals surface area contributed by atoms with E-state index in [0.29, 0.717) is 24.2 Å². The minimum atomic E-state index is -2.95. The third-order valence-corrected chi connectivity index (χ3v) is 5.57. The van der Waals surface area contributed by atoms with Gasteiger partial charge in [0.1, 0.15) is 9.84 Å². The fraction of sp³-hybridized carbons (Fsp3) is 0.467. The second-order valence-electron chi connectivity index (χ2n) is 5.64. The average molecular weight is 324 g/mol. The molecule has 2 N–H and O–H groups in total. The van der Waals surface area contributed by atoms with E-state index in [9.17, 15) is 18.0 Å². The number of carbonyl (C=O) groups is 2. The molecule has 0 spiro atoms. The average Bonchev–Trinajstić information content (AvgIpc) is 2.43. The number of benzene rings is 1. The van der Waals surface area contributed by atoms with Crippen molar-refractivity contribution in [3.05, 3.63) is 24.3 Å². The van der Waals surface area contributed by atoms with Crippen molar-refractivity contribution < 1.29 is 18.0 Å². The van der Waals surface area contributed by atoms with Crippen molar-refractivity contribution in [1.82, 2.24) is 0 Å². The molecule has 1 aromatic rings. The van der Waals surface area contributed by atoms with Gasteiger partial charge in [0.15, 0.2) is 0 Å². The molecular formula is C15H20N2O4S. The van der Waals surface area contributed by atoms with Crippen LogP contribution in [-0.4, -0.2) is 31.7 Å². The number of hydrogen-bond acceptors (Lipinski definition) is 5. The summed E-state index contributed by atoms with van der Waals surface area (Å²) in [4.78, 5) is 25.3. The number of rotatable bonds is 3. The van der Waals surface area contributed by atoms with Crippen LogP contribution in [0.3, 0.4) is 0 Å². The molecule has 7 heteroatoms. The summed E-state index contributed by atoms with van der Waals surface area (Å²) in [5, 5.41) is 0. The fourth-order valence-corrected chi connectivity index (χ4v) is 4.20. The predicted octanol–water partition coefficient (Wildman–Crippen LogP) is 1.36. The van der Waals surface area contributed by atoms with Gasteiger partial charge in [0.2, 0.25) is 11.8 Å². The van der Waals surface area contributed by atoms with Gasteiger partial charge in [0.25, 0.3) is 0 Å². The number of amides is 2. The Morgan fingerprint density at radius 3 is 2.23 bits per heavy atom. The zero-order valence-corrected chi connectivity index (χ0v) is 13.3. The van der Waals surface area contributed by atoms with Crippen molar-refractivity contribution in [1.29, 1.82) is 0 Å². The number of hydrogen-bond donors (Lipinski definition) is 1. The summed E-state index contributed by atoms with van der Waals surface area (Å²) in [6.45, 7) is 1.33. The third-order valence-electron chi connectivity index (χ3n) is 3.85. The molecule has 0 bridgehead atoms. The van der Waals surface area contributed by atoms with E-state index in [4.69, 9.17) is 5.73 Å². The number of imide groups is 1. The standard InChI is InChI=1S/C15H20N2O4S/c1-11(18)17(14-4-2-13(16)3-5-14)15(19)10-12-6-8-22(20,21)9-7-12/h2-5,12H,6-10,16H2,1H3. The second-order valence-corrected chi connectivity index (χ2v) is 7.94.